The lowest BCUT2D eigenvalue weighted by molar-refractivity contribution is -0.121. The van der Waals surface area contributed by atoms with Gasteiger partial charge in [0.2, 0.25) is 12.7 Å². The predicted molar refractivity (Wildman–Crippen MR) is 82.2 cm³/mol. The Morgan fingerprint density at radius 1 is 1.26 bits per heavy atom. The minimum atomic E-state index is -0.695. The molecule has 0 saturated heterocycles. The van der Waals surface area contributed by atoms with Gasteiger partial charge in [-0.3, -0.25) is 4.79 Å². The van der Waals surface area contributed by atoms with Gasteiger partial charge in [-0.2, -0.15) is 0 Å². The van der Waals surface area contributed by atoms with Gasteiger partial charge in [0.15, 0.2) is 11.5 Å². The lowest BCUT2D eigenvalue weighted by Gasteiger charge is -2.09. The Bertz CT molecular complexity index is 653. The Labute approximate surface area is 134 Å². The molecule has 23 heavy (non-hydrogen) atoms. The number of furan rings is 1. The number of hydrogen-bond acceptors (Lipinski definition) is 5. The molecular formula is C17H19NO5. The molecule has 1 aromatic carbocycles. The number of rotatable bonds is 7. The minimum absolute atomic E-state index is 0.0469. The highest BCUT2D eigenvalue weighted by molar-refractivity contribution is 5.76. The Balaban J connectivity index is 1.38. The van der Waals surface area contributed by atoms with Gasteiger partial charge in [0, 0.05) is 13.0 Å². The summed E-state index contributed by atoms with van der Waals surface area (Å²) in [6, 6.07) is 9.13. The fourth-order valence-corrected chi connectivity index (χ4v) is 2.41. The van der Waals surface area contributed by atoms with E-state index in [-0.39, 0.29) is 12.7 Å². The van der Waals surface area contributed by atoms with E-state index in [0.29, 0.717) is 31.6 Å². The number of ether oxygens (including phenoxy) is 2. The third-order valence-electron chi connectivity index (χ3n) is 3.69. The molecule has 2 N–H and O–H groups in total. The van der Waals surface area contributed by atoms with Crippen molar-refractivity contribution in [1.29, 1.82) is 0 Å². The number of aryl methyl sites for hydroxylation is 1. The first-order valence-corrected chi connectivity index (χ1v) is 7.59. The Hall–Kier alpha value is -2.47. The summed E-state index contributed by atoms with van der Waals surface area (Å²) < 4.78 is 15.7. The van der Waals surface area contributed by atoms with Crippen molar-refractivity contribution in [3.8, 4) is 11.5 Å². The Morgan fingerprint density at radius 2 is 2.13 bits per heavy atom. The van der Waals surface area contributed by atoms with Crippen molar-refractivity contribution in [2.45, 2.75) is 25.4 Å². The number of amides is 1. The van der Waals surface area contributed by atoms with Crippen LogP contribution >= 0.6 is 0 Å². The van der Waals surface area contributed by atoms with Gasteiger partial charge in [0.25, 0.3) is 0 Å². The summed E-state index contributed by atoms with van der Waals surface area (Å²) in [5, 5.41) is 12.7. The topological polar surface area (TPSA) is 80.9 Å². The van der Waals surface area contributed by atoms with Gasteiger partial charge < -0.3 is 24.3 Å². The molecule has 1 aromatic heterocycles. The van der Waals surface area contributed by atoms with E-state index >= 15 is 0 Å². The summed E-state index contributed by atoms with van der Waals surface area (Å²) >= 11 is 0. The van der Waals surface area contributed by atoms with E-state index in [2.05, 4.69) is 5.32 Å². The highest BCUT2D eigenvalue weighted by Gasteiger charge is 2.14. The minimum Gasteiger partial charge on any atom is -0.467 e. The van der Waals surface area contributed by atoms with E-state index < -0.39 is 6.10 Å². The van der Waals surface area contributed by atoms with E-state index in [1.54, 1.807) is 12.1 Å². The van der Waals surface area contributed by atoms with Crippen LogP contribution in [0.2, 0.25) is 0 Å². The van der Waals surface area contributed by atoms with Crippen LogP contribution in [0.15, 0.2) is 41.0 Å². The first-order valence-electron chi connectivity index (χ1n) is 7.59. The van der Waals surface area contributed by atoms with E-state index in [1.807, 2.05) is 18.2 Å². The summed E-state index contributed by atoms with van der Waals surface area (Å²) in [5.41, 5.74) is 1.03. The zero-order valence-electron chi connectivity index (χ0n) is 12.7. The maximum atomic E-state index is 11.8. The third-order valence-corrected chi connectivity index (χ3v) is 3.69. The van der Waals surface area contributed by atoms with Crippen LogP contribution in [0.25, 0.3) is 0 Å². The predicted octanol–water partition coefficient (Wildman–Crippen LogP) is 2.18. The van der Waals surface area contributed by atoms with Crippen LogP contribution < -0.4 is 14.8 Å². The smallest absolute Gasteiger partial charge is 0.231 e. The van der Waals surface area contributed by atoms with Crippen molar-refractivity contribution in [1.82, 2.24) is 5.32 Å². The average Bonchev–Trinajstić information content (AvgIpc) is 3.23. The molecule has 0 bridgehead atoms. The van der Waals surface area contributed by atoms with Crippen LogP contribution in [0.5, 0.6) is 11.5 Å². The molecule has 2 heterocycles. The zero-order chi connectivity index (χ0) is 16.1. The molecular weight excluding hydrogens is 298 g/mol. The van der Waals surface area contributed by atoms with Crippen molar-refractivity contribution in [3.63, 3.8) is 0 Å². The molecule has 2 aromatic rings. The first-order chi connectivity index (χ1) is 11.2. The first kappa shape index (κ1) is 15.4. The van der Waals surface area contributed by atoms with Gasteiger partial charge in [-0.05, 0) is 42.7 Å². The fourth-order valence-electron chi connectivity index (χ4n) is 2.41. The molecule has 1 atom stereocenters. The standard InChI is InChI=1S/C17H19NO5/c19-13(14-2-1-9-21-14)7-8-18-17(20)6-4-12-3-5-15-16(10-12)23-11-22-15/h1-3,5,9-10,13,19H,4,6-8,11H2,(H,18,20)/t13-/m0/s1. The maximum absolute atomic E-state index is 11.8. The van der Waals surface area contributed by atoms with Gasteiger partial charge in [-0.1, -0.05) is 6.07 Å². The second-order valence-electron chi connectivity index (χ2n) is 5.36. The number of benzene rings is 1. The molecule has 0 fully saturated rings. The lowest BCUT2D eigenvalue weighted by Crippen LogP contribution is -2.25. The number of carbonyl (C=O) groups is 1. The van der Waals surface area contributed by atoms with E-state index in [0.717, 1.165) is 17.1 Å². The highest BCUT2D eigenvalue weighted by Crippen LogP contribution is 2.32. The van der Waals surface area contributed by atoms with Gasteiger partial charge in [0.05, 0.1) is 6.26 Å². The average molecular weight is 317 g/mol. The van der Waals surface area contributed by atoms with Gasteiger partial charge in [0.1, 0.15) is 11.9 Å². The SMILES string of the molecule is O=C(CCc1ccc2c(c1)OCO2)NCC[C@H](O)c1ccco1. The zero-order valence-corrected chi connectivity index (χ0v) is 12.7. The van der Waals surface area contributed by atoms with E-state index in [1.165, 1.54) is 6.26 Å². The molecule has 0 unspecified atom stereocenters. The van der Waals surface area contributed by atoms with Crippen molar-refractivity contribution in [2.24, 2.45) is 0 Å². The number of aliphatic hydroxyl groups excluding tert-OH is 1. The van der Waals surface area contributed by atoms with Crippen LogP contribution in [0, 0.1) is 0 Å². The maximum Gasteiger partial charge on any atom is 0.231 e. The van der Waals surface area contributed by atoms with Crippen LogP contribution in [-0.2, 0) is 11.2 Å². The second-order valence-corrected chi connectivity index (χ2v) is 5.36. The Morgan fingerprint density at radius 3 is 2.96 bits per heavy atom. The molecule has 1 amide bonds. The van der Waals surface area contributed by atoms with Crippen molar-refractivity contribution in [3.05, 3.63) is 47.9 Å². The van der Waals surface area contributed by atoms with Crippen molar-refractivity contribution in [2.75, 3.05) is 13.3 Å². The van der Waals surface area contributed by atoms with Crippen molar-refractivity contribution < 1.29 is 23.8 Å². The van der Waals surface area contributed by atoms with Crippen molar-refractivity contribution >= 4 is 5.91 Å². The summed E-state index contributed by atoms with van der Waals surface area (Å²) in [7, 11) is 0. The van der Waals surface area contributed by atoms with Gasteiger partial charge in [-0.15, -0.1) is 0 Å². The summed E-state index contributed by atoms with van der Waals surface area (Å²) in [4.78, 5) is 11.8. The van der Waals surface area contributed by atoms with Gasteiger partial charge >= 0.3 is 0 Å². The van der Waals surface area contributed by atoms with Crippen LogP contribution in [0.4, 0.5) is 0 Å². The summed E-state index contributed by atoms with van der Waals surface area (Å²) in [5.74, 6) is 1.93. The molecule has 0 radical (unpaired) electrons. The molecule has 1 aliphatic heterocycles. The van der Waals surface area contributed by atoms with Crippen LogP contribution in [-0.4, -0.2) is 24.4 Å². The normalized spacial score (nSPS) is 13.8. The molecule has 0 saturated carbocycles. The fraction of sp³-hybridized carbons (Fsp3) is 0.353. The van der Waals surface area contributed by atoms with Gasteiger partial charge in [-0.25, -0.2) is 0 Å². The van der Waals surface area contributed by atoms with Crippen LogP contribution in [0.1, 0.15) is 30.3 Å². The largest absolute Gasteiger partial charge is 0.467 e. The number of nitrogens with one attached hydrogen (secondary N) is 1. The monoisotopic (exact) mass is 317 g/mol. The molecule has 122 valence electrons. The number of fused-ring (bicyclic) bond motifs is 1. The van der Waals surface area contributed by atoms with E-state index in [9.17, 15) is 9.90 Å². The number of hydrogen-bond donors (Lipinski definition) is 2. The molecule has 1 aliphatic rings. The summed E-state index contributed by atoms with van der Waals surface area (Å²) in [6.45, 7) is 0.652. The molecule has 3 rings (SSSR count). The molecule has 6 heteroatoms. The lowest BCUT2D eigenvalue weighted by atomic mass is 10.1. The number of aliphatic hydroxyl groups is 1. The molecule has 6 nitrogen and oxygen atoms in total. The molecule has 0 aliphatic carbocycles. The third kappa shape index (κ3) is 4.04. The quantitative estimate of drug-likeness (QED) is 0.818. The summed E-state index contributed by atoms with van der Waals surface area (Å²) in [6.07, 6.45) is 2.25. The Kier molecular flexibility index (Phi) is 4.83. The van der Waals surface area contributed by atoms with E-state index in [4.69, 9.17) is 13.9 Å². The second kappa shape index (κ2) is 7.19. The molecule has 0 spiro atoms. The highest BCUT2D eigenvalue weighted by atomic mass is 16.7. The number of carbonyl (C=O) groups excluding carboxylic acids is 1. The van der Waals surface area contributed by atoms with Crippen LogP contribution in [0.3, 0.4) is 0 Å².